The van der Waals surface area contributed by atoms with E-state index in [2.05, 4.69) is 28.6 Å². The van der Waals surface area contributed by atoms with Crippen LogP contribution in [0.25, 0.3) is 10.9 Å². The number of aromatic nitrogens is 1. The van der Waals surface area contributed by atoms with Crippen LogP contribution in [-0.4, -0.2) is 29.8 Å². The second-order valence-electron chi connectivity index (χ2n) is 4.26. The minimum atomic E-state index is 0.129. The van der Waals surface area contributed by atoms with Crippen LogP contribution in [0.2, 0.25) is 0 Å². The van der Waals surface area contributed by atoms with E-state index in [1.807, 2.05) is 31.2 Å². The maximum Gasteiger partial charge on any atom is 0.0726 e. The molecule has 0 bridgehead atoms. The van der Waals surface area contributed by atoms with Crippen molar-refractivity contribution in [1.29, 1.82) is 0 Å². The Hall–Kier alpha value is -1.87. The molecule has 0 atom stereocenters. The van der Waals surface area contributed by atoms with E-state index in [0.29, 0.717) is 13.1 Å². The number of hydrogen-bond acceptors (Lipinski definition) is 3. The van der Waals surface area contributed by atoms with Gasteiger partial charge in [0.05, 0.1) is 12.1 Å². The predicted octanol–water partition coefficient (Wildman–Crippen LogP) is 2.53. The number of pyridine rings is 1. The van der Waals surface area contributed by atoms with Crippen molar-refractivity contribution in [3.63, 3.8) is 0 Å². The Balaban J connectivity index is 2.56. The third-order valence-electron chi connectivity index (χ3n) is 2.88. The van der Waals surface area contributed by atoms with Gasteiger partial charge in [-0.3, -0.25) is 4.98 Å². The monoisotopic (exact) mass is 242 g/mol. The number of aliphatic hydroxyl groups excluding tert-OH is 1. The number of hydrogen-bond donors (Lipinski definition) is 1. The number of fused-ring (bicyclic) bond motifs is 1. The summed E-state index contributed by atoms with van der Waals surface area (Å²) in [5, 5.41) is 10.3. The lowest BCUT2D eigenvalue weighted by Gasteiger charge is -2.24. The summed E-state index contributed by atoms with van der Waals surface area (Å²) < 4.78 is 0. The van der Waals surface area contributed by atoms with E-state index in [1.165, 1.54) is 0 Å². The van der Waals surface area contributed by atoms with Crippen LogP contribution in [0.4, 0.5) is 5.69 Å². The Labute approximate surface area is 107 Å². The van der Waals surface area contributed by atoms with Crippen LogP contribution in [0.15, 0.2) is 43.0 Å². The Bertz CT molecular complexity index is 551. The van der Waals surface area contributed by atoms with Crippen molar-refractivity contribution >= 4 is 16.6 Å². The third kappa shape index (κ3) is 2.51. The van der Waals surface area contributed by atoms with Gasteiger partial charge in [-0.15, -0.1) is 6.58 Å². The van der Waals surface area contributed by atoms with Gasteiger partial charge in [0.2, 0.25) is 0 Å². The van der Waals surface area contributed by atoms with Crippen LogP contribution in [-0.2, 0) is 0 Å². The van der Waals surface area contributed by atoms with E-state index in [9.17, 15) is 5.11 Å². The quantitative estimate of drug-likeness (QED) is 0.818. The first kappa shape index (κ1) is 12.6. The minimum Gasteiger partial charge on any atom is -0.395 e. The largest absolute Gasteiger partial charge is 0.395 e. The number of benzene rings is 1. The van der Waals surface area contributed by atoms with E-state index in [-0.39, 0.29) is 6.61 Å². The summed E-state index contributed by atoms with van der Waals surface area (Å²) in [5.74, 6) is 0. The fourth-order valence-electron chi connectivity index (χ4n) is 2.13. The van der Waals surface area contributed by atoms with Gasteiger partial charge in [0.15, 0.2) is 0 Å². The Morgan fingerprint density at radius 2 is 2.17 bits per heavy atom. The van der Waals surface area contributed by atoms with Crippen LogP contribution in [0, 0.1) is 6.92 Å². The molecule has 1 heterocycles. The molecule has 3 heteroatoms. The second-order valence-corrected chi connectivity index (χ2v) is 4.26. The molecule has 0 aliphatic carbocycles. The van der Waals surface area contributed by atoms with Crippen molar-refractivity contribution in [3.05, 3.63) is 48.7 Å². The SMILES string of the molecule is C=CCN(CCO)c1cc(C)nc2ccccc12. The van der Waals surface area contributed by atoms with Crippen LogP contribution in [0.5, 0.6) is 0 Å². The Kier molecular flexibility index (Phi) is 3.95. The number of rotatable bonds is 5. The zero-order valence-corrected chi connectivity index (χ0v) is 10.6. The van der Waals surface area contributed by atoms with Crippen molar-refractivity contribution in [3.8, 4) is 0 Å². The van der Waals surface area contributed by atoms with E-state index >= 15 is 0 Å². The molecule has 94 valence electrons. The van der Waals surface area contributed by atoms with Gasteiger partial charge in [-0.05, 0) is 19.1 Å². The maximum absolute atomic E-state index is 9.17. The molecule has 2 rings (SSSR count). The number of para-hydroxylation sites is 1. The van der Waals surface area contributed by atoms with Gasteiger partial charge >= 0.3 is 0 Å². The predicted molar refractivity (Wildman–Crippen MR) is 76.0 cm³/mol. The highest BCUT2D eigenvalue weighted by atomic mass is 16.3. The summed E-state index contributed by atoms with van der Waals surface area (Å²) in [5.41, 5.74) is 3.07. The molecule has 1 aromatic heterocycles. The average molecular weight is 242 g/mol. The van der Waals surface area contributed by atoms with Crippen molar-refractivity contribution in [2.24, 2.45) is 0 Å². The lowest BCUT2D eigenvalue weighted by atomic mass is 10.1. The molecular formula is C15H18N2O. The molecule has 1 N–H and O–H groups in total. The standard InChI is InChI=1S/C15H18N2O/c1-3-8-17(9-10-18)15-11-12(2)16-14-7-5-4-6-13(14)15/h3-7,11,18H,1,8-10H2,2H3. The molecule has 0 aliphatic heterocycles. The summed E-state index contributed by atoms with van der Waals surface area (Å²) in [4.78, 5) is 6.64. The van der Waals surface area contributed by atoms with Crippen LogP contribution in [0.3, 0.4) is 0 Å². The molecule has 1 aromatic carbocycles. The van der Waals surface area contributed by atoms with Gasteiger partial charge in [0.1, 0.15) is 0 Å². The molecule has 0 saturated heterocycles. The van der Waals surface area contributed by atoms with Gasteiger partial charge < -0.3 is 10.0 Å². The first-order valence-corrected chi connectivity index (χ1v) is 6.09. The van der Waals surface area contributed by atoms with Crippen LogP contribution < -0.4 is 4.90 Å². The van der Waals surface area contributed by atoms with Crippen LogP contribution in [0.1, 0.15) is 5.69 Å². The highest BCUT2D eigenvalue weighted by molar-refractivity contribution is 5.92. The highest BCUT2D eigenvalue weighted by Gasteiger charge is 2.09. The number of anilines is 1. The molecule has 0 fully saturated rings. The Morgan fingerprint density at radius 3 is 2.89 bits per heavy atom. The molecule has 18 heavy (non-hydrogen) atoms. The number of nitrogens with zero attached hydrogens (tertiary/aromatic N) is 2. The first-order chi connectivity index (χ1) is 8.76. The summed E-state index contributed by atoms with van der Waals surface area (Å²) in [7, 11) is 0. The van der Waals surface area contributed by atoms with Crippen molar-refractivity contribution in [2.75, 3.05) is 24.6 Å². The summed E-state index contributed by atoms with van der Waals surface area (Å²) in [6, 6.07) is 10.1. The molecule has 0 spiro atoms. The van der Waals surface area contributed by atoms with Gasteiger partial charge in [-0.2, -0.15) is 0 Å². The normalized spacial score (nSPS) is 10.6. The molecule has 0 unspecified atom stereocenters. The summed E-state index contributed by atoms with van der Waals surface area (Å²) >= 11 is 0. The lowest BCUT2D eigenvalue weighted by Crippen LogP contribution is -2.27. The highest BCUT2D eigenvalue weighted by Crippen LogP contribution is 2.26. The molecule has 0 amide bonds. The molecule has 0 aliphatic rings. The van der Waals surface area contributed by atoms with Crippen molar-refractivity contribution < 1.29 is 5.11 Å². The van der Waals surface area contributed by atoms with Crippen molar-refractivity contribution in [1.82, 2.24) is 4.98 Å². The first-order valence-electron chi connectivity index (χ1n) is 6.09. The third-order valence-corrected chi connectivity index (χ3v) is 2.88. The number of aryl methyl sites for hydroxylation is 1. The van der Waals surface area contributed by atoms with Gasteiger partial charge in [-0.1, -0.05) is 24.3 Å². The molecule has 0 saturated carbocycles. The topological polar surface area (TPSA) is 36.4 Å². The Morgan fingerprint density at radius 1 is 1.39 bits per heavy atom. The minimum absolute atomic E-state index is 0.129. The molecule has 3 nitrogen and oxygen atoms in total. The van der Waals surface area contributed by atoms with Gasteiger partial charge in [-0.25, -0.2) is 0 Å². The van der Waals surface area contributed by atoms with E-state index in [1.54, 1.807) is 0 Å². The lowest BCUT2D eigenvalue weighted by molar-refractivity contribution is 0.303. The molecule has 2 aromatic rings. The zero-order valence-electron chi connectivity index (χ0n) is 10.6. The zero-order chi connectivity index (χ0) is 13.0. The molecule has 0 radical (unpaired) electrons. The summed E-state index contributed by atoms with van der Waals surface area (Å²) in [6.07, 6.45) is 1.85. The second kappa shape index (κ2) is 5.65. The maximum atomic E-state index is 9.17. The fraction of sp³-hybridized carbons (Fsp3) is 0.267. The smallest absolute Gasteiger partial charge is 0.0726 e. The van der Waals surface area contributed by atoms with E-state index < -0.39 is 0 Å². The average Bonchev–Trinajstić information content (AvgIpc) is 2.37. The summed E-state index contributed by atoms with van der Waals surface area (Å²) in [6.45, 7) is 7.20. The van der Waals surface area contributed by atoms with Crippen LogP contribution >= 0.6 is 0 Å². The van der Waals surface area contributed by atoms with E-state index in [4.69, 9.17) is 0 Å². The van der Waals surface area contributed by atoms with E-state index in [0.717, 1.165) is 22.3 Å². The van der Waals surface area contributed by atoms with Crippen molar-refractivity contribution in [2.45, 2.75) is 6.92 Å². The molecular weight excluding hydrogens is 224 g/mol. The number of aliphatic hydroxyl groups is 1. The van der Waals surface area contributed by atoms with Gasteiger partial charge in [0, 0.05) is 29.9 Å². The fourth-order valence-corrected chi connectivity index (χ4v) is 2.13. The van der Waals surface area contributed by atoms with Gasteiger partial charge in [0.25, 0.3) is 0 Å².